The molecule has 0 aromatic heterocycles. The Kier molecular flexibility index (Phi) is 6.67. The minimum atomic E-state index is -0.883. The molecule has 0 fully saturated rings. The maximum absolute atomic E-state index is 11.1. The predicted octanol–water partition coefficient (Wildman–Crippen LogP) is 4.55. The van der Waals surface area contributed by atoms with Gasteiger partial charge in [0, 0.05) is 19.0 Å². The number of aryl methyl sites for hydroxylation is 1. The van der Waals surface area contributed by atoms with Crippen LogP contribution >= 0.6 is 23.2 Å². The Morgan fingerprint density at radius 3 is 2.40 bits per heavy atom. The molecule has 2 rings (SSSR count). The fourth-order valence-electron chi connectivity index (χ4n) is 2.24. The SMILES string of the molecule is CC(=O)Nc1cccc(COc2c(Cl)cc(CCC(=O)O)cc2Cl)c1. The largest absolute Gasteiger partial charge is 0.486 e. The molecule has 0 spiro atoms. The highest BCUT2D eigenvalue weighted by Crippen LogP contribution is 2.35. The third-order valence-corrected chi connectivity index (χ3v) is 3.88. The van der Waals surface area contributed by atoms with E-state index in [1.54, 1.807) is 24.3 Å². The molecule has 1 amide bonds. The Hall–Kier alpha value is -2.24. The van der Waals surface area contributed by atoms with Crippen LogP contribution in [0.3, 0.4) is 0 Å². The molecule has 0 heterocycles. The lowest BCUT2D eigenvalue weighted by Crippen LogP contribution is -2.06. The maximum Gasteiger partial charge on any atom is 0.303 e. The maximum atomic E-state index is 11.1. The minimum Gasteiger partial charge on any atom is -0.486 e. The van der Waals surface area contributed by atoms with Crippen molar-refractivity contribution >= 4 is 40.8 Å². The summed E-state index contributed by atoms with van der Waals surface area (Å²) >= 11 is 12.4. The summed E-state index contributed by atoms with van der Waals surface area (Å²) in [7, 11) is 0. The van der Waals surface area contributed by atoms with Crippen LogP contribution in [0.4, 0.5) is 5.69 Å². The summed E-state index contributed by atoms with van der Waals surface area (Å²) in [4.78, 5) is 21.8. The topological polar surface area (TPSA) is 75.6 Å². The van der Waals surface area contributed by atoms with E-state index in [1.165, 1.54) is 6.92 Å². The van der Waals surface area contributed by atoms with Gasteiger partial charge in [0.15, 0.2) is 5.75 Å². The summed E-state index contributed by atoms with van der Waals surface area (Å²) < 4.78 is 5.70. The quantitative estimate of drug-likeness (QED) is 0.737. The van der Waals surface area contributed by atoms with Gasteiger partial charge in [0.25, 0.3) is 0 Å². The van der Waals surface area contributed by atoms with Crippen LogP contribution < -0.4 is 10.1 Å². The number of hydrogen-bond donors (Lipinski definition) is 2. The zero-order chi connectivity index (χ0) is 18.4. The van der Waals surface area contributed by atoms with Crippen molar-refractivity contribution in [3.8, 4) is 5.75 Å². The number of carbonyl (C=O) groups is 2. The van der Waals surface area contributed by atoms with E-state index in [0.717, 1.165) is 11.1 Å². The average Bonchev–Trinajstić information content (AvgIpc) is 2.52. The van der Waals surface area contributed by atoms with Crippen molar-refractivity contribution in [1.82, 2.24) is 0 Å². The average molecular weight is 382 g/mol. The molecule has 2 aromatic carbocycles. The minimum absolute atomic E-state index is 0.00278. The van der Waals surface area contributed by atoms with E-state index in [4.69, 9.17) is 33.0 Å². The van der Waals surface area contributed by atoms with Gasteiger partial charge in [0.05, 0.1) is 10.0 Å². The third-order valence-electron chi connectivity index (χ3n) is 3.32. The van der Waals surface area contributed by atoms with Crippen molar-refractivity contribution < 1.29 is 19.4 Å². The number of carboxylic acids is 1. The van der Waals surface area contributed by atoms with Gasteiger partial charge in [-0.25, -0.2) is 0 Å². The van der Waals surface area contributed by atoms with Crippen molar-refractivity contribution in [2.24, 2.45) is 0 Å². The van der Waals surface area contributed by atoms with Crippen LogP contribution in [0.2, 0.25) is 10.0 Å². The highest BCUT2D eigenvalue weighted by atomic mass is 35.5. The second kappa shape index (κ2) is 8.74. The summed E-state index contributed by atoms with van der Waals surface area (Å²) in [6.07, 6.45) is 0.344. The number of hydrogen-bond acceptors (Lipinski definition) is 3. The monoisotopic (exact) mass is 381 g/mol. The first kappa shape index (κ1) is 19.1. The lowest BCUT2D eigenvalue weighted by atomic mass is 10.1. The molecule has 0 aliphatic rings. The van der Waals surface area contributed by atoms with Crippen LogP contribution in [-0.4, -0.2) is 17.0 Å². The number of amides is 1. The Bertz CT molecular complexity index is 769. The van der Waals surface area contributed by atoms with Crippen molar-refractivity contribution in [3.63, 3.8) is 0 Å². The summed E-state index contributed by atoms with van der Waals surface area (Å²) in [6, 6.07) is 10.5. The standard InChI is InChI=1S/C18H17Cl2NO4/c1-11(22)21-14-4-2-3-13(7-14)10-25-18-15(19)8-12(9-16(18)20)5-6-17(23)24/h2-4,7-9H,5-6,10H2,1H3,(H,21,22)(H,23,24). The van der Waals surface area contributed by atoms with Crippen molar-refractivity contribution in [3.05, 3.63) is 57.6 Å². The van der Waals surface area contributed by atoms with Gasteiger partial charge < -0.3 is 15.2 Å². The molecule has 5 nitrogen and oxygen atoms in total. The molecule has 2 aromatic rings. The highest BCUT2D eigenvalue weighted by molar-refractivity contribution is 6.37. The van der Waals surface area contributed by atoms with E-state index in [2.05, 4.69) is 5.32 Å². The zero-order valence-electron chi connectivity index (χ0n) is 13.5. The van der Waals surface area contributed by atoms with Crippen LogP contribution in [0.25, 0.3) is 0 Å². The molecule has 132 valence electrons. The van der Waals surface area contributed by atoms with Gasteiger partial charge in [-0.1, -0.05) is 35.3 Å². The predicted molar refractivity (Wildman–Crippen MR) is 97.5 cm³/mol. The van der Waals surface area contributed by atoms with Gasteiger partial charge in [-0.3, -0.25) is 9.59 Å². The smallest absolute Gasteiger partial charge is 0.303 e. The first-order valence-corrected chi connectivity index (χ1v) is 8.30. The number of aliphatic carboxylic acids is 1. The van der Waals surface area contributed by atoms with Gasteiger partial charge in [0.1, 0.15) is 6.61 Å². The summed E-state index contributed by atoms with van der Waals surface area (Å²) in [6.45, 7) is 1.66. The van der Waals surface area contributed by atoms with Crippen molar-refractivity contribution in [2.75, 3.05) is 5.32 Å². The van der Waals surface area contributed by atoms with Crippen LogP contribution in [0.15, 0.2) is 36.4 Å². The first-order chi connectivity index (χ1) is 11.8. The molecule has 0 saturated heterocycles. The van der Waals surface area contributed by atoms with Gasteiger partial charge in [0.2, 0.25) is 5.91 Å². The molecule has 0 atom stereocenters. The number of ether oxygens (including phenoxy) is 1. The first-order valence-electron chi connectivity index (χ1n) is 7.54. The van der Waals surface area contributed by atoms with E-state index in [-0.39, 0.29) is 18.9 Å². The number of rotatable bonds is 7. The zero-order valence-corrected chi connectivity index (χ0v) is 15.0. The summed E-state index contributed by atoms with van der Waals surface area (Å²) in [5.74, 6) is -0.694. The molecular formula is C18H17Cl2NO4. The molecular weight excluding hydrogens is 365 g/mol. The molecule has 0 aliphatic carbocycles. The number of carbonyl (C=O) groups excluding carboxylic acids is 1. The van der Waals surface area contributed by atoms with Crippen LogP contribution in [0.1, 0.15) is 24.5 Å². The molecule has 0 saturated carbocycles. The fourth-order valence-corrected chi connectivity index (χ4v) is 2.88. The van der Waals surface area contributed by atoms with E-state index in [0.29, 0.717) is 27.9 Å². The highest BCUT2D eigenvalue weighted by Gasteiger charge is 2.11. The second-order valence-electron chi connectivity index (χ2n) is 5.45. The number of nitrogens with one attached hydrogen (secondary N) is 1. The van der Waals surface area contributed by atoms with Crippen LogP contribution in [0, 0.1) is 0 Å². The van der Waals surface area contributed by atoms with E-state index in [1.807, 2.05) is 12.1 Å². The molecule has 2 N–H and O–H groups in total. The Morgan fingerprint density at radius 2 is 1.80 bits per heavy atom. The summed E-state index contributed by atoms with van der Waals surface area (Å²) in [5.41, 5.74) is 2.25. The number of carboxylic acid groups (broad SMARTS) is 1. The Labute approximate surface area is 155 Å². The number of anilines is 1. The lowest BCUT2D eigenvalue weighted by Gasteiger charge is -2.12. The third kappa shape index (κ3) is 5.96. The van der Waals surface area contributed by atoms with Gasteiger partial charge in [-0.15, -0.1) is 0 Å². The van der Waals surface area contributed by atoms with Crippen molar-refractivity contribution in [2.45, 2.75) is 26.4 Å². The van der Waals surface area contributed by atoms with E-state index < -0.39 is 5.97 Å². The van der Waals surface area contributed by atoms with Gasteiger partial charge >= 0.3 is 5.97 Å². The molecule has 0 aliphatic heterocycles. The lowest BCUT2D eigenvalue weighted by molar-refractivity contribution is -0.137. The molecule has 0 bridgehead atoms. The number of halogens is 2. The number of benzene rings is 2. The molecule has 0 radical (unpaired) electrons. The molecule has 0 unspecified atom stereocenters. The second-order valence-corrected chi connectivity index (χ2v) is 6.27. The van der Waals surface area contributed by atoms with Gasteiger partial charge in [-0.2, -0.15) is 0 Å². The normalized spacial score (nSPS) is 10.4. The molecule has 25 heavy (non-hydrogen) atoms. The van der Waals surface area contributed by atoms with Gasteiger partial charge in [-0.05, 0) is 41.8 Å². The Balaban J connectivity index is 2.07. The van der Waals surface area contributed by atoms with Crippen molar-refractivity contribution in [1.29, 1.82) is 0 Å². The van der Waals surface area contributed by atoms with Crippen LogP contribution in [0.5, 0.6) is 5.75 Å². The fraction of sp³-hybridized carbons (Fsp3) is 0.222. The summed E-state index contributed by atoms with van der Waals surface area (Å²) in [5, 5.41) is 12.1. The van der Waals surface area contributed by atoms with Crippen LogP contribution in [-0.2, 0) is 22.6 Å². The van der Waals surface area contributed by atoms with E-state index >= 15 is 0 Å². The molecule has 7 heteroatoms. The van der Waals surface area contributed by atoms with E-state index in [9.17, 15) is 9.59 Å². The Morgan fingerprint density at radius 1 is 1.12 bits per heavy atom.